The molecule has 150 valence electrons. The second-order valence-electron chi connectivity index (χ2n) is 7.68. The monoisotopic (exact) mass is 384 g/mol. The average Bonchev–Trinajstić information content (AvgIpc) is 3.25. The van der Waals surface area contributed by atoms with Gasteiger partial charge < -0.3 is 19.5 Å². The van der Waals surface area contributed by atoms with E-state index in [1.54, 1.807) is 7.11 Å². The molecule has 2 aliphatic rings. The van der Waals surface area contributed by atoms with Crippen molar-refractivity contribution < 1.29 is 14.1 Å². The smallest absolute Gasteiger partial charge is 0.318 e. The van der Waals surface area contributed by atoms with Gasteiger partial charge in [0.05, 0.1) is 7.11 Å². The fourth-order valence-corrected chi connectivity index (χ4v) is 4.19. The van der Waals surface area contributed by atoms with Crippen molar-refractivity contribution in [3.05, 3.63) is 30.2 Å². The third-order valence-corrected chi connectivity index (χ3v) is 5.75. The number of carbonyl (C=O) groups excluding carboxylic acids is 1. The molecule has 2 fully saturated rings. The molecule has 7 heteroatoms. The van der Waals surface area contributed by atoms with E-state index >= 15 is 0 Å². The number of amides is 2. The van der Waals surface area contributed by atoms with E-state index in [0.717, 1.165) is 50.0 Å². The highest BCUT2D eigenvalue weighted by atomic mass is 16.5. The standard InChI is InChI=1S/C21H28N4O3/c1-27-17-11-7-8-15(14-17)19-23-20(28-24-19)18-12-5-6-13-25(18)21(26)22-16-9-3-2-4-10-16/h7-8,11,14,16,18H,2-6,9-10,12-13H2,1H3,(H,22,26). The number of likely N-dealkylation sites (tertiary alicyclic amines) is 1. The SMILES string of the molecule is COc1cccc(-c2noc(C3CCCCN3C(=O)NC3CCCCC3)n2)c1. The lowest BCUT2D eigenvalue weighted by molar-refractivity contribution is 0.127. The summed E-state index contributed by atoms with van der Waals surface area (Å²) in [6.45, 7) is 0.722. The molecule has 1 aromatic heterocycles. The predicted octanol–water partition coefficient (Wildman–Crippen LogP) is 4.31. The number of piperidine rings is 1. The van der Waals surface area contributed by atoms with Gasteiger partial charge in [-0.15, -0.1) is 0 Å². The molecule has 28 heavy (non-hydrogen) atoms. The average molecular weight is 384 g/mol. The maximum Gasteiger partial charge on any atom is 0.318 e. The molecule has 1 aliphatic heterocycles. The van der Waals surface area contributed by atoms with E-state index in [1.807, 2.05) is 29.2 Å². The van der Waals surface area contributed by atoms with Gasteiger partial charge in [0.25, 0.3) is 0 Å². The fourth-order valence-electron chi connectivity index (χ4n) is 4.19. The summed E-state index contributed by atoms with van der Waals surface area (Å²) in [4.78, 5) is 19.4. The van der Waals surface area contributed by atoms with E-state index < -0.39 is 0 Å². The molecular weight excluding hydrogens is 356 g/mol. The summed E-state index contributed by atoms with van der Waals surface area (Å²) in [6.07, 6.45) is 8.71. The minimum absolute atomic E-state index is 0.00210. The zero-order valence-electron chi connectivity index (χ0n) is 16.4. The number of hydrogen-bond acceptors (Lipinski definition) is 5. The highest BCUT2D eigenvalue weighted by molar-refractivity contribution is 5.75. The molecule has 1 saturated carbocycles. The van der Waals surface area contributed by atoms with Gasteiger partial charge in [-0.1, -0.05) is 36.6 Å². The summed E-state index contributed by atoms with van der Waals surface area (Å²) in [6, 6.07) is 7.70. The Kier molecular flexibility index (Phi) is 5.78. The third kappa shape index (κ3) is 4.13. The zero-order chi connectivity index (χ0) is 19.3. The topological polar surface area (TPSA) is 80.5 Å². The van der Waals surface area contributed by atoms with Crippen LogP contribution in [-0.4, -0.2) is 40.8 Å². The van der Waals surface area contributed by atoms with Crippen LogP contribution < -0.4 is 10.1 Å². The number of urea groups is 1. The predicted molar refractivity (Wildman–Crippen MR) is 105 cm³/mol. The van der Waals surface area contributed by atoms with Gasteiger partial charge in [0, 0.05) is 18.2 Å². The summed E-state index contributed by atoms with van der Waals surface area (Å²) in [5.41, 5.74) is 0.836. The molecule has 1 saturated heterocycles. The van der Waals surface area contributed by atoms with Gasteiger partial charge in [0.1, 0.15) is 11.8 Å². The van der Waals surface area contributed by atoms with Gasteiger partial charge in [0.15, 0.2) is 0 Å². The second kappa shape index (κ2) is 8.63. The molecule has 1 aliphatic carbocycles. The number of methoxy groups -OCH3 is 1. The molecule has 2 amide bonds. The summed E-state index contributed by atoms with van der Waals surface area (Å²) < 4.78 is 10.9. The van der Waals surface area contributed by atoms with Crippen LogP contribution in [0.4, 0.5) is 4.79 Å². The van der Waals surface area contributed by atoms with E-state index in [-0.39, 0.29) is 12.1 Å². The van der Waals surface area contributed by atoms with Crippen molar-refractivity contribution in [1.29, 1.82) is 0 Å². The number of hydrogen-bond donors (Lipinski definition) is 1. The Morgan fingerprint density at radius 3 is 2.82 bits per heavy atom. The summed E-state index contributed by atoms with van der Waals surface area (Å²) >= 11 is 0. The van der Waals surface area contributed by atoms with Crippen LogP contribution in [0, 0.1) is 0 Å². The second-order valence-corrected chi connectivity index (χ2v) is 7.68. The number of nitrogens with one attached hydrogen (secondary N) is 1. The lowest BCUT2D eigenvalue weighted by Crippen LogP contribution is -2.48. The van der Waals surface area contributed by atoms with Gasteiger partial charge in [-0.3, -0.25) is 0 Å². The Bertz CT molecular complexity index is 800. The Morgan fingerprint density at radius 2 is 2.00 bits per heavy atom. The van der Waals surface area contributed by atoms with Gasteiger partial charge in [0.2, 0.25) is 11.7 Å². The molecule has 0 radical (unpaired) electrons. The molecule has 0 spiro atoms. The van der Waals surface area contributed by atoms with Crippen LogP contribution in [0.1, 0.15) is 63.3 Å². The van der Waals surface area contributed by atoms with Crippen LogP contribution in [0.5, 0.6) is 5.75 Å². The highest BCUT2D eigenvalue weighted by Crippen LogP contribution is 2.32. The molecule has 1 aromatic carbocycles. The van der Waals surface area contributed by atoms with Crippen molar-refractivity contribution >= 4 is 6.03 Å². The highest BCUT2D eigenvalue weighted by Gasteiger charge is 2.33. The number of ether oxygens (including phenoxy) is 1. The van der Waals surface area contributed by atoms with Gasteiger partial charge >= 0.3 is 6.03 Å². The van der Waals surface area contributed by atoms with Crippen molar-refractivity contribution in [1.82, 2.24) is 20.4 Å². The molecule has 0 bridgehead atoms. The Balaban J connectivity index is 1.49. The molecule has 1 unspecified atom stereocenters. The molecule has 2 aromatic rings. The zero-order valence-corrected chi connectivity index (χ0v) is 16.4. The first-order valence-corrected chi connectivity index (χ1v) is 10.3. The molecule has 4 rings (SSSR count). The first-order chi connectivity index (χ1) is 13.7. The van der Waals surface area contributed by atoms with Crippen molar-refractivity contribution in [3.63, 3.8) is 0 Å². The third-order valence-electron chi connectivity index (χ3n) is 5.75. The molecule has 1 N–H and O–H groups in total. The molecule has 2 heterocycles. The van der Waals surface area contributed by atoms with Crippen LogP contribution in [-0.2, 0) is 0 Å². The summed E-state index contributed by atoms with van der Waals surface area (Å²) in [7, 11) is 1.63. The lowest BCUT2D eigenvalue weighted by atomic mass is 9.95. The van der Waals surface area contributed by atoms with E-state index in [9.17, 15) is 4.79 Å². The van der Waals surface area contributed by atoms with Crippen LogP contribution in [0.15, 0.2) is 28.8 Å². The largest absolute Gasteiger partial charge is 0.497 e. The Morgan fingerprint density at radius 1 is 1.18 bits per heavy atom. The van der Waals surface area contributed by atoms with Crippen LogP contribution in [0.25, 0.3) is 11.4 Å². The quantitative estimate of drug-likeness (QED) is 0.849. The van der Waals surface area contributed by atoms with E-state index in [4.69, 9.17) is 9.26 Å². The maximum atomic E-state index is 12.9. The van der Waals surface area contributed by atoms with Crippen molar-refractivity contribution in [3.8, 4) is 17.1 Å². The lowest BCUT2D eigenvalue weighted by Gasteiger charge is -2.35. The number of carbonyl (C=O) groups is 1. The normalized spacial score (nSPS) is 20.8. The van der Waals surface area contributed by atoms with E-state index in [1.165, 1.54) is 19.3 Å². The van der Waals surface area contributed by atoms with Crippen LogP contribution >= 0.6 is 0 Å². The van der Waals surface area contributed by atoms with Gasteiger partial charge in [-0.05, 0) is 44.2 Å². The summed E-state index contributed by atoms with van der Waals surface area (Å²) in [5, 5.41) is 7.37. The Labute approximate surface area is 165 Å². The van der Waals surface area contributed by atoms with Gasteiger partial charge in [-0.25, -0.2) is 4.79 Å². The van der Waals surface area contributed by atoms with Crippen molar-refractivity contribution in [2.75, 3.05) is 13.7 Å². The van der Waals surface area contributed by atoms with Gasteiger partial charge in [-0.2, -0.15) is 4.98 Å². The molecule has 7 nitrogen and oxygen atoms in total. The minimum Gasteiger partial charge on any atom is -0.497 e. The first kappa shape index (κ1) is 18.8. The summed E-state index contributed by atoms with van der Waals surface area (Å²) in [5.74, 6) is 1.78. The number of rotatable bonds is 4. The number of aromatic nitrogens is 2. The number of benzene rings is 1. The van der Waals surface area contributed by atoms with Crippen LogP contribution in [0.3, 0.4) is 0 Å². The fraction of sp³-hybridized carbons (Fsp3) is 0.571. The van der Waals surface area contributed by atoms with Crippen LogP contribution in [0.2, 0.25) is 0 Å². The Hall–Kier alpha value is -2.57. The molecule has 1 atom stereocenters. The van der Waals surface area contributed by atoms with Crippen molar-refractivity contribution in [2.45, 2.75) is 63.5 Å². The number of nitrogens with zero attached hydrogens (tertiary/aromatic N) is 3. The van der Waals surface area contributed by atoms with E-state index in [0.29, 0.717) is 17.8 Å². The minimum atomic E-state index is -0.163. The first-order valence-electron chi connectivity index (χ1n) is 10.3. The van der Waals surface area contributed by atoms with Crippen molar-refractivity contribution in [2.24, 2.45) is 0 Å². The van der Waals surface area contributed by atoms with E-state index in [2.05, 4.69) is 15.5 Å². The maximum absolute atomic E-state index is 12.9. The molecular formula is C21H28N4O3.